The average Bonchev–Trinajstić information content (AvgIpc) is 3.36. The minimum Gasteiger partial charge on any atom is -0.462 e. The minimum atomic E-state index is -0.799. The highest BCUT2D eigenvalue weighted by Crippen LogP contribution is 2.15. The first kappa shape index (κ1) is 66.1. The van der Waals surface area contributed by atoms with E-state index in [0.717, 1.165) is 148 Å². The van der Waals surface area contributed by atoms with E-state index in [1.165, 1.54) is 70.6 Å². The highest BCUT2D eigenvalue weighted by atomic mass is 16.6. The van der Waals surface area contributed by atoms with E-state index in [0.29, 0.717) is 19.3 Å². The Bertz CT molecular complexity index is 1440. The number of esters is 3. The fourth-order valence-electron chi connectivity index (χ4n) is 7.75. The van der Waals surface area contributed by atoms with E-state index in [-0.39, 0.29) is 31.1 Å². The quantitative estimate of drug-likeness (QED) is 0.0262. The molecule has 0 aliphatic rings. The molecule has 6 nitrogen and oxygen atoms in total. The molecular formula is C64H106O6. The number of ether oxygens (including phenoxy) is 3. The Hall–Kier alpha value is -3.93. The Morgan fingerprint density at radius 1 is 0.300 bits per heavy atom. The van der Waals surface area contributed by atoms with E-state index in [2.05, 4.69) is 130 Å². The molecule has 0 saturated carbocycles. The van der Waals surface area contributed by atoms with Crippen molar-refractivity contribution in [1.82, 2.24) is 0 Å². The molecule has 0 fully saturated rings. The van der Waals surface area contributed by atoms with E-state index >= 15 is 0 Å². The molecule has 1 unspecified atom stereocenters. The van der Waals surface area contributed by atoms with Crippen molar-refractivity contribution in [3.63, 3.8) is 0 Å². The lowest BCUT2D eigenvalue weighted by Gasteiger charge is -2.18. The highest BCUT2D eigenvalue weighted by Gasteiger charge is 2.19. The summed E-state index contributed by atoms with van der Waals surface area (Å²) in [5.41, 5.74) is 0. The van der Waals surface area contributed by atoms with Gasteiger partial charge in [0.1, 0.15) is 13.2 Å². The molecule has 0 aromatic carbocycles. The van der Waals surface area contributed by atoms with Crippen LogP contribution in [0.1, 0.15) is 258 Å². The molecule has 0 N–H and O–H groups in total. The number of rotatable bonds is 51. The van der Waals surface area contributed by atoms with Gasteiger partial charge in [0.2, 0.25) is 0 Å². The van der Waals surface area contributed by atoms with Crippen molar-refractivity contribution in [3.05, 3.63) is 109 Å². The van der Waals surface area contributed by atoms with Gasteiger partial charge in [0, 0.05) is 19.3 Å². The molecule has 1 atom stereocenters. The Morgan fingerprint density at radius 3 is 0.871 bits per heavy atom. The zero-order valence-electron chi connectivity index (χ0n) is 45.5. The largest absolute Gasteiger partial charge is 0.462 e. The van der Waals surface area contributed by atoms with Gasteiger partial charge in [-0.15, -0.1) is 0 Å². The molecule has 0 aromatic heterocycles. The number of hydrogen-bond donors (Lipinski definition) is 0. The molecule has 0 aliphatic heterocycles. The number of allylic oxidation sites excluding steroid dienone is 18. The molecule has 0 spiro atoms. The highest BCUT2D eigenvalue weighted by molar-refractivity contribution is 5.71. The number of unbranched alkanes of at least 4 members (excludes halogenated alkanes) is 22. The smallest absolute Gasteiger partial charge is 0.306 e. The summed E-state index contributed by atoms with van der Waals surface area (Å²) in [6, 6.07) is 0. The third kappa shape index (κ3) is 55.0. The molecule has 70 heavy (non-hydrogen) atoms. The summed E-state index contributed by atoms with van der Waals surface area (Å²) in [5, 5.41) is 0. The predicted molar refractivity (Wildman–Crippen MR) is 302 cm³/mol. The van der Waals surface area contributed by atoms with Crippen LogP contribution >= 0.6 is 0 Å². The van der Waals surface area contributed by atoms with Crippen molar-refractivity contribution in [1.29, 1.82) is 0 Å². The van der Waals surface area contributed by atoms with Crippen molar-refractivity contribution < 1.29 is 28.6 Å². The van der Waals surface area contributed by atoms with Crippen LogP contribution in [0.2, 0.25) is 0 Å². The molecule has 0 aromatic rings. The van der Waals surface area contributed by atoms with E-state index in [1.807, 2.05) is 0 Å². The summed E-state index contributed by atoms with van der Waals surface area (Å²) in [4.78, 5) is 38.2. The lowest BCUT2D eigenvalue weighted by atomic mass is 10.0. The maximum atomic E-state index is 12.8. The van der Waals surface area contributed by atoms with Crippen LogP contribution in [0.25, 0.3) is 0 Å². The van der Waals surface area contributed by atoms with Crippen LogP contribution in [0.5, 0.6) is 0 Å². The SMILES string of the molecule is CC/C=C\C/C=C\C/C=C\C/C=C\C/C=C\C/C=C\CCCCCCC(=O)OCC(COC(=O)CCCCCCCCCCCCCCCC)OC(=O)CCCCCCC/C=C\C/C=C\C/C=C\CC. The lowest BCUT2D eigenvalue weighted by Crippen LogP contribution is -2.30. The Balaban J connectivity index is 4.44. The van der Waals surface area contributed by atoms with Crippen molar-refractivity contribution in [2.75, 3.05) is 13.2 Å². The molecule has 0 amide bonds. The van der Waals surface area contributed by atoms with Gasteiger partial charge in [-0.25, -0.2) is 0 Å². The van der Waals surface area contributed by atoms with Crippen molar-refractivity contribution in [3.8, 4) is 0 Å². The first-order chi connectivity index (χ1) is 34.5. The van der Waals surface area contributed by atoms with Gasteiger partial charge in [0.15, 0.2) is 6.10 Å². The van der Waals surface area contributed by atoms with E-state index in [9.17, 15) is 14.4 Å². The molecule has 0 radical (unpaired) electrons. The summed E-state index contributed by atoms with van der Waals surface area (Å²) in [6.07, 6.45) is 77.9. The van der Waals surface area contributed by atoms with E-state index in [4.69, 9.17) is 14.2 Å². The fourth-order valence-corrected chi connectivity index (χ4v) is 7.75. The maximum Gasteiger partial charge on any atom is 0.306 e. The van der Waals surface area contributed by atoms with E-state index < -0.39 is 6.10 Å². The second-order valence-corrected chi connectivity index (χ2v) is 18.8. The van der Waals surface area contributed by atoms with Crippen LogP contribution in [-0.2, 0) is 28.6 Å². The van der Waals surface area contributed by atoms with Crippen LogP contribution < -0.4 is 0 Å². The Labute approximate surface area is 431 Å². The normalized spacial score (nSPS) is 12.9. The van der Waals surface area contributed by atoms with Gasteiger partial charge in [-0.2, -0.15) is 0 Å². The van der Waals surface area contributed by atoms with Crippen molar-refractivity contribution in [2.24, 2.45) is 0 Å². The second kappa shape index (κ2) is 57.6. The van der Waals surface area contributed by atoms with Gasteiger partial charge in [0.25, 0.3) is 0 Å². The van der Waals surface area contributed by atoms with Gasteiger partial charge in [-0.05, 0) is 103 Å². The molecule has 0 saturated heterocycles. The van der Waals surface area contributed by atoms with Crippen LogP contribution in [0.15, 0.2) is 109 Å². The molecule has 0 aliphatic carbocycles. The number of carbonyl (C=O) groups is 3. The second-order valence-electron chi connectivity index (χ2n) is 18.8. The first-order valence-electron chi connectivity index (χ1n) is 28.9. The summed E-state index contributed by atoms with van der Waals surface area (Å²) in [5.74, 6) is -0.934. The third-order valence-corrected chi connectivity index (χ3v) is 12.0. The van der Waals surface area contributed by atoms with Gasteiger partial charge < -0.3 is 14.2 Å². The molecule has 398 valence electrons. The Morgan fingerprint density at radius 2 is 0.557 bits per heavy atom. The lowest BCUT2D eigenvalue weighted by molar-refractivity contribution is -0.167. The van der Waals surface area contributed by atoms with Crippen LogP contribution in [-0.4, -0.2) is 37.2 Å². The average molecular weight is 972 g/mol. The van der Waals surface area contributed by atoms with Crippen molar-refractivity contribution in [2.45, 2.75) is 264 Å². The topological polar surface area (TPSA) is 78.9 Å². The fraction of sp³-hybridized carbons (Fsp3) is 0.672. The maximum absolute atomic E-state index is 12.8. The Kier molecular flexibility index (Phi) is 54.4. The monoisotopic (exact) mass is 971 g/mol. The summed E-state index contributed by atoms with van der Waals surface area (Å²) >= 11 is 0. The summed E-state index contributed by atoms with van der Waals surface area (Å²) < 4.78 is 16.8. The van der Waals surface area contributed by atoms with Crippen LogP contribution in [0.4, 0.5) is 0 Å². The molecule has 6 heteroatoms. The predicted octanol–water partition coefficient (Wildman–Crippen LogP) is 19.5. The zero-order chi connectivity index (χ0) is 50.7. The standard InChI is InChI=1S/C64H106O6/c1-4-7-10-13-16-19-22-25-28-29-30-31-32-33-34-35-37-39-42-45-48-51-54-57-63(66)69-60-61(59-68-62(65)56-53-50-47-44-41-38-27-24-21-18-15-12-9-6-3)70-64(67)58-55-52-49-46-43-40-36-26-23-20-17-14-11-8-5-2/h7-8,10-11,16-17,19-20,25-26,28,30-31,33-34,36-37,39,61H,4-6,9,12-15,18,21-24,27,29,32,35,38,40-60H2,1-3H3/b10-7-,11-8-,19-16-,20-17-,28-25-,31-30-,34-33-,36-26-,39-37-. The van der Waals surface area contributed by atoms with Gasteiger partial charge in [-0.1, -0.05) is 246 Å². The van der Waals surface area contributed by atoms with Crippen molar-refractivity contribution >= 4 is 17.9 Å². The van der Waals surface area contributed by atoms with Gasteiger partial charge in [0.05, 0.1) is 0 Å². The molecule has 0 heterocycles. The number of carbonyl (C=O) groups excluding carboxylic acids is 3. The zero-order valence-corrected chi connectivity index (χ0v) is 45.5. The third-order valence-electron chi connectivity index (χ3n) is 12.0. The molecule has 0 rings (SSSR count). The van der Waals surface area contributed by atoms with Gasteiger partial charge >= 0.3 is 17.9 Å². The van der Waals surface area contributed by atoms with Gasteiger partial charge in [-0.3, -0.25) is 14.4 Å². The molecular weight excluding hydrogens is 865 g/mol. The minimum absolute atomic E-state index is 0.0930. The van der Waals surface area contributed by atoms with Crippen LogP contribution in [0, 0.1) is 0 Å². The van der Waals surface area contributed by atoms with Crippen LogP contribution in [0.3, 0.4) is 0 Å². The summed E-state index contributed by atoms with van der Waals surface area (Å²) in [7, 11) is 0. The first-order valence-corrected chi connectivity index (χ1v) is 28.9. The molecule has 0 bridgehead atoms. The summed E-state index contributed by atoms with van der Waals surface area (Å²) in [6.45, 7) is 6.38. The number of hydrogen-bond acceptors (Lipinski definition) is 6. The van der Waals surface area contributed by atoms with E-state index in [1.54, 1.807) is 0 Å².